The van der Waals surface area contributed by atoms with Crippen molar-refractivity contribution in [3.8, 4) is 11.3 Å². The minimum Gasteiger partial charge on any atom is -0.399 e. The van der Waals surface area contributed by atoms with E-state index >= 15 is 0 Å². The smallest absolute Gasteiger partial charge is 0.251 e. The molecule has 0 aliphatic carbocycles. The van der Waals surface area contributed by atoms with Crippen LogP contribution in [0.5, 0.6) is 0 Å². The quantitative estimate of drug-likeness (QED) is 0.497. The highest BCUT2D eigenvalue weighted by molar-refractivity contribution is 7.09. The molecule has 0 saturated carbocycles. The van der Waals surface area contributed by atoms with E-state index in [-0.39, 0.29) is 5.91 Å². The second-order valence-corrected chi connectivity index (χ2v) is 7.06. The summed E-state index contributed by atoms with van der Waals surface area (Å²) in [5.41, 5.74) is 4.81. The molecule has 138 valence electrons. The van der Waals surface area contributed by atoms with Crippen LogP contribution < -0.4 is 5.32 Å². The van der Waals surface area contributed by atoms with E-state index in [1.165, 1.54) is 12.7 Å². The van der Waals surface area contributed by atoms with Crippen molar-refractivity contribution < 1.29 is 9.63 Å². The number of aryl methyl sites for hydroxylation is 1. The monoisotopic (exact) mass is 379 g/mol. The number of carbonyl (C=O) groups is 1. The Bertz CT molecular complexity index is 915. The highest BCUT2D eigenvalue weighted by Gasteiger charge is 2.05. The fourth-order valence-electron chi connectivity index (χ4n) is 2.59. The van der Waals surface area contributed by atoms with E-state index in [1.807, 2.05) is 19.1 Å². The molecule has 0 fully saturated rings. The van der Waals surface area contributed by atoms with Crippen molar-refractivity contribution >= 4 is 23.5 Å². The van der Waals surface area contributed by atoms with Crippen molar-refractivity contribution in [2.24, 2.45) is 5.16 Å². The maximum Gasteiger partial charge on any atom is 0.251 e. The van der Waals surface area contributed by atoms with Gasteiger partial charge in [0.25, 0.3) is 5.91 Å². The number of hydrogen-bond acceptors (Lipinski definition) is 5. The molecule has 27 heavy (non-hydrogen) atoms. The summed E-state index contributed by atoms with van der Waals surface area (Å²) in [7, 11) is 1.49. The highest BCUT2D eigenvalue weighted by atomic mass is 32.1. The standard InChI is InChI=1S/C21H21N3O2S/c1-15-24-20(14-27-15)18-7-3-16(4-8-18)11-12-22-21(25)19-9-5-17(6-10-19)13-23-26-2/h3-10,13-14H,11-12H2,1-2H3,(H,22,25)/b23-13+. The normalized spacial score (nSPS) is 10.9. The van der Waals surface area contributed by atoms with Crippen molar-refractivity contribution in [3.05, 3.63) is 75.6 Å². The van der Waals surface area contributed by atoms with Crippen molar-refractivity contribution in [2.75, 3.05) is 13.7 Å². The molecule has 0 radical (unpaired) electrons. The van der Waals surface area contributed by atoms with Crippen LogP contribution in [0.3, 0.4) is 0 Å². The van der Waals surface area contributed by atoms with Crippen LogP contribution in [0.25, 0.3) is 11.3 Å². The lowest BCUT2D eigenvalue weighted by Gasteiger charge is -2.06. The average molecular weight is 379 g/mol. The zero-order valence-corrected chi connectivity index (χ0v) is 16.1. The van der Waals surface area contributed by atoms with Crippen LogP contribution in [0.15, 0.2) is 59.1 Å². The second kappa shape index (κ2) is 9.09. The Labute approximate surface area is 162 Å². The Morgan fingerprint density at radius 2 is 1.93 bits per heavy atom. The summed E-state index contributed by atoms with van der Waals surface area (Å²) in [6.07, 6.45) is 2.37. The highest BCUT2D eigenvalue weighted by Crippen LogP contribution is 2.21. The predicted octanol–water partition coefficient (Wildman–Crippen LogP) is 4.07. The van der Waals surface area contributed by atoms with E-state index < -0.39 is 0 Å². The van der Waals surface area contributed by atoms with E-state index in [0.29, 0.717) is 12.1 Å². The maximum absolute atomic E-state index is 12.2. The number of rotatable bonds is 7. The first-order chi connectivity index (χ1) is 13.2. The molecule has 3 rings (SSSR count). The van der Waals surface area contributed by atoms with Crippen molar-refractivity contribution in [1.29, 1.82) is 0 Å². The van der Waals surface area contributed by atoms with E-state index in [0.717, 1.165) is 28.2 Å². The molecule has 0 aliphatic rings. The lowest BCUT2D eigenvalue weighted by Crippen LogP contribution is -2.25. The minimum absolute atomic E-state index is 0.0835. The van der Waals surface area contributed by atoms with Gasteiger partial charge in [-0.05, 0) is 36.6 Å². The first-order valence-corrected chi connectivity index (χ1v) is 9.50. The lowest BCUT2D eigenvalue weighted by molar-refractivity contribution is 0.0954. The summed E-state index contributed by atoms with van der Waals surface area (Å²) in [5.74, 6) is -0.0835. The van der Waals surface area contributed by atoms with Gasteiger partial charge in [0.05, 0.1) is 16.9 Å². The van der Waals surface area contributed by atoms with Gasteiger partial charge in [0.15, 0.2) is 0 Å². The van der Waals surface area contributed by atoms with Gasteiger partial charge in [-0.3, -0.25) is 4.79 Å². The number of nitrogens with zero attached hydrogens (tertiary/aromatic N) is 2. The SMILES string of the molecule is CO/N=C/c1ccc(C(=O)NCCc2ccc(-c3csc(C)n3)cc2)cc1. The molecule has 1 N–H and O–H groups in total. The molecule has 1 aromatic heterocycles. The Morgan fingerprint density at radius 1 is 1.19 bits per heavy atom. The largest absolute Gasteiger partial charge is 0.399 e. The molecule has 0 atom stereocenters. The number of oxime groups is 1. The van der Waals surface area contributed by atoms with Crippen LogP contribution in [0.1, 0.15) is 26.5 Å². The zero-order chi connectivity index (χ0) is 19.1. The number of benzene rings is 2. The van der Waals surface area contributed by atoms with Crippen LogP contribution in [-0.2, 0) is 11.3 Å². The summed E-state index contributed by atoms with van der Waals surface area (Å²) >= 11 is 1.65. The molecule has 0 aliphatic heterocycles. The van der Waals surface area contributed by atoms with Crippen LogP contribution in [0.2, 0.25) is 0 Å². The molecule has 0 bridgehead atoms. The van der Waals surface area contributed by atoms with Crippen molar-refractivity contribution in [3.63, 3.8) is 0 Å². The van der Waals surface area contributed by atoms with Gasteiger partial charge in [0.1, 0.15) is 7.11 Å². The number of amides is 1. The Balaban J connectivity index is 1.50. The van der Waals surface area contributed by atoms with Crippen LogP contribution >= 0.6 is 11.3 Å². The minimum atomic E-state index is -0.0835. The molecular weight excluding hydrogens is 358 g/mol. The molecule has 0 unspecified atom stereocenters. The van der Waals surface area contributed by atoms with Gasteiger partial charge in [-0.2, -0.15) is 0 Å². The van der Waals surface area contributed by atoms with E-state index in [4.69, 9.17) is 0 Å². The van der Waals surface area contributed by atoms with E-state index in [1.54, 1.807) is 29.7 Å². The first-order valence-electron chi connectivity index (χ1n) is 8.62. The van der Waals surface area contributed by atoms with Gasteiger partial charge < -0.3 is 10.2 Å². The number of aromatic nitrogens is 1. The third-order valence-corrected chi connectivity index (χ3v) is 4.82. The third kappa shape index (κ3) is 5.24. The fourth-order valence-corrected chi connectivity index (χ4v) is 3.22. The Hall–Kier alpha value is -2.99. The molecule has 2 aromatic carbocycles. The number of carbonyl (C=O) groups excluding carboxylic acids is 1. The number of hydrogen-bond donors (Lipinski definition) is 1. The van der Waals surface area contributed by atoms with Gasteiger partial charge in [-0.15, -0.1) is 11.3 Å². The van der Waals surface area contributed by atoms with E-state index in [2.05, 4.69) is 49.9 Å². The molecule has 0 spiro atoms. The molecule has 1 heterocycles. The summed E-state index contributed by atoms with van der Waals surface area (Å²) in [6.45, 7) is 2.59. The molecule has 3 aromatic rings. The van der Waals surface area contributed by atoms with Gasteiger partial charge >= 0.3 is 0 Å². The molecule has 6 heteroatoms. The number of thiazole rings is 1. The maximum atomic E-state index is 12.2. The van der Waals surface area contributed by atoms with Gasteiger partial charge in [-0.25, -0.2) is 4.98 Å². The van der Waals surface area contributed by atoms with Gasteiger partial charge in [0.2, 0.25) is 0 Å². The lowest BCUT2D eigenvalue weighted by atomic mass is 10.1. The van der Waals surface area contributed by atoms with Crippen LogP contribution in [-0.4, -0.2) is 30.8 Å². The van der Waals surface area contributed by atoms with Gasteiger partial charge in [-0.1, -0.05) is 41.6 Å². The van der Waals surface area contributed by atoms with Crippen LogP contribution in [0, 0.1) is 6.92 Å². The van der Waals surface area contributed by atoms with E-state index in [9.17, 15) is 4.79 Å². The zero-order valence-electron chi connectivity index (χ0n) is 15.3. The predicted molar refractivity (Wildman–Crippen MR) is 109 cm³/mol. The Kier molecular flexibility index (Phi) is 6.33. The van der Waals surface area contributed by atoms with Crippen molar-refractivity contribution in [2.45, 2.75) is 13.3 Å². The molecule has 5 nitrogen and oxygen atoms in total. The second-order valence-electron chi connectivity index (χ2n) is 5.99. The third-order valence-electron chi connectivity index (χ3n) is 4.05. The topological polar surface area (TPSA) is 63.6 Å². The summed E-state index contributed by atoms with van der Waals surface area (Å²) < 4.78 is 0. The molecular formula is C21H21N3O2S. The fraction of sp³-hybridized carbons (Fsp3) is 0.190. The summed E-state index contributed by atoms with van der Waals surface area (Å²) in [4.78, 5) is 21.4. The Morgan fingerprint density at radius 3 is 2.56 bits per heavy atom. The molecule has 0 saturated heterocycles. The van der Waals surface area contributed by atoms with Crippen molar-refractivity contribution in [1.82, 2.24) is 10.3 Å². The summed E-state index contributed by atoms with van der Waals surface area (Å²) in [6, 6.07) is 15.5. The first kappa shape index (κ1) is 18.8. The van der Waals surface area contributed by atoms with Crippen LogP contribution in [0.4, 0.5) is 0 Å². The number of nitrogens with one attached hydrogen (secondary N) is 1. The van der Waals surface area contributed by atoms with Gasteiger partial charge in [0, 0.05) is 23.1 Å². The molecule has 1 amide bonds. The summed E-state index contributed by atoms with van der Waals surface area (Å²) in [5, 5.41) is 9.78. The average Bonchev–Trinajstić information content (AvgIpc) is 3.13.